The first-order chi connectivity index (χ1) is 13.6. The Hall–Kier alpha value is -3.35. The maximum atomic E-state index is 12.9. The molecule has 0 aliphatic heterocycles. The van der Waals surface area contributed by atoms with E-state index in [4.69, 9.17) is 10.5 Å². The van der Waals surface area contributed by atoms with Crippen LogP contribution >= 0.6 is 0 Å². The zero-order chi connectivity index (χ0) is 21.8. The highest BCUT2D eigenvalue weighted by atomic mass is 19.4. The van der Waals surface area contributed by atoms with E-state index in [1.165, 1.54) is 24.1 Å². The molecule has 0 radical (unpaired) electrons. The minimum absolute atomic E-state index is 0.00174. The highest BCUT2D eigenvalue weighted by Gasteiger charge is 2.31. The largest absolute Gasteiger partial charge is 0.477 e. The molecule has 1 heterocycles. The van der Waals surface area contributed by atoms with Crippen LogP contribution in [0.4, 0.5) is 24.9 Å². The minimum atomic E-state index is -4.49. The van der Waals surface area contributed by atoms with Crippen LogP contribution in [-0.2, 0) is 17.4 Å². The Morgan fingerprint density at radius 3 is 2.66 bits per heavy atom. The van der Waals surface area contributed by atoms with Crippen molar-refractivity contribution < 1.29 is 22.7 Å². The zero-order valence-corrected chi connectivity index (χ0v) is 16.1. The number of hydrogen-bond donors (Lipinski definition) is 1. The third-order valence-corrected chi connectivity index (χ3v) is 4.28. The number of likely N-dealkylation sites (N-methyl/N-ethyl adjacent to an activating group) is 1. The minimum Gasteiger partial charge on any atom is -0.477 e. The van der Waals surface area contributed by atoms with E-state index in [1.54, 1.807) is 13.8 Å². The number of nitriles is 1. The first-order valence-corrected chi connectivity index (χ1v) is 8.70. The topological polar surface area (TPSA) is 105 Å². The summed E-state index contributed by atoms with van der Waals surface area (Å²) in [6.45, 7) is 3.53. The summed E-state index contributed by atoms with van der Waals surface area (Å²) in [6.07, 6.45) is -4.70. The van der Waals surface area contributed by atoms with E-state index in [1.807, 2.05) is 6.07 Å². The fourth-order valence-corrected chi connectivity index (χ4v) is 2.65. The molecule has 29 heavy (non-hydrogen) atoms. The lowest BCUT2D eigenvalue weighted by Crippen LogP contribution is -2.38. The zero-order valence-electron chi connectivity index (χ0n) is 16.1. The van der Waals surface area contributed by atoms with Gasteiger partial charge < -0.3 is 15.4 Å². The van der Waals surface area contributed by atoms with Crippen molar-refractivity contribution >= 4 is 17.5 Å². The molecule has 1 aromatic carbocycles. The van der Waals surface area contributed by atoms with Crippen LogP contribution < -0.4 is 15.4 Å². The molecule has 0 bridgehead atoms. The number of carbonyl (C=O) groups excluding carboxylic acids is 1. The van der Waals surface area contributed by atoms with Crippen LogP contribution in [0.25, 0.3) is 0 Å². The summed E-state index contributed by atoms with van der Waals surface area (Å²) in [5.41, 5.74) is 5.11. The molecule has 1 aromatic heterocycles. The standard InChI is InChI=1S/C19H20F3N5O2/c1-4-29-17-14(10-23)16(25-18(24)26-17)27(3)11(2)15(28)9-12-6-5-7-13(8-12)19(20,21)22/h5-8,11H,4,9H2,1-3H3,(H2,24,25,26)/t11-/m0/s1. The predicted molar refractivity (Wildman–Crippen MR) is 100 cm³/mol. The van der Waals surface area contributed by atoms with E-state index in [9.17, 15) is 23.2 Å². The predicted octanol–water partition coefficient (Wildman–Crippen LogP) is 2.98. The monoisotopic (exact) mass is 407 g/mol. The second-order valence-corrected chi connectivity index (χ2v) is 6.26. The van der Waals surface area contributed by atoms with Crippen LogP contribution in [-0.4, -0.2) is 35.4 Å². The summed E-state index contributed by atoms with van der Waals surface area (Å²) in [6, 6.07) is 5.75. The number of alkyl halides is 3. The number of nitrogens with two attached hydrogens (primary N) is 1. The second kappa shape index (κ2) is 8.77. The number of ketones is 1. The van der Waals surface area contributed by atoms with Crippen molar-refractivity contribution in [2.45, 2.75) is 32.5 Å². The Kier molecular flexibility index (Phi) is 6.64. The summed E-state index contributed by atoms with van der Waals surface area (Å²) in [4.78, 5) is 22.0. The summed E-state index contributed by atoms with van der Waals surface area (Å²) >= 11 is 0. The van der Waals surface area contributed by atoms with Crippen LogP contribution in [0.2, 0.25) is 0 Å². The normalized spacial score (nSPS) is 12.2. The molecule has 154 valence electrons. The maximum absolute atomic E-state index is 12.9. The fourth-order valence-electron chi connectivity index (χ4n) is 2.65. The molecule has 2 N–H and O–H groups in total. The number of nitrogens with zero attached hydrogens (tertiary/aromatic N) is 4. The van der Waals surface area contributed by atoms with E-state index in [0.29, 0.717) is 0 Å². The summed E-state index contributed by atoms with van der Waals surface area (Å²) in [5, 5.41) is 9.46. The SMILES string of the molecule is CCOc1nc(N)nc(N(C)[C@@H](C)C(=O)Cc2cccc(C(F)(F)F)c2)c1C#N. The van der Waals surface area contributed by atoms with E-state index in [0.717, 1.165) is 12.1 Å². The van der Waals surface area contributed by atoms with Gasteiger partial charge in [0.25, 0.3) is 0 Å². The van der Waals surface area contributed by atoms with E-state index < -0.39 is 17.8 Å². The van der Waals surface area contributed by atoms with Crippen molar-refractivity contribution in [3.05, 3.63) is 41.0 Å². The van der Waals surface area contributed by atoms with Gasteiger partial charge in [-0.25, -0.2) is 0 Å². The quantitative estimate of drug-likeness (QED) is 0.752. The van der Waals surface area contributed by atoms with Crippen molar-refractivity contribution in [1.29, 1.82) is 5.26 Å². The van der Waals surface area contributed by atoms with E-state index in [-0.39, 0.29) is 47.6 Å². The van der Waals surface area contributed by atoms with Gasteiger partial charge in [-0.3, -0.25) is 4.79 Å². The van der Waals surface area contributed by atoms with Gasteiger partial charge in [-0.2, -0.15) is 28.4 Å². The van der Waals surface area contributed by atoms with Crippen molar-refractivity contribution in [2.75, 3.05) is 24.3 Å². The average molecular weight is 407 g/mol. The van der Waals surface area contributed by atoms with Crippen molar-refractivity contribution in [2.24, 2.45) is 0 Å². The maximum Gasteiger partial charge on any atom is 0.416 e. The second-order valence-electron chi connectivity index (χ2n) is 6.26. The smallest absolute Gasteiger partial charge is 0.416 e. The van der Waals surface area contributed by atoms with Crippen molar-refractivity contribution in [3.8, 4) is 11.9 Å². The number of rotatable bonds is 7. The number of hydrogen-bond acceptors (Lipinski definition) is 7. The number of nitrogen functional groups attached to an aromatic ring is 1. The summed E-state index contributed by atoms with van der Waals surface area (Å²) in [5.74, 6) is -0.382. The fraction of sp³-hybridized carbons (Fsp3) is 0.368. The van der Waals surface area contributed by atoms with Gasteiger partial charge in [-0.05, 0) is 25.5 Å². The molecule has 2 aromatic rings. The van der Waals surface area contributed by atoms with Gasteiger partial charge in [0.1, 0.15) is 6.07 Å². The molecular formula is C19H20F3N5O2. The van der Waals surface area contributed by atoms with Crippen LogP contribution in [0.15, 0.2) is 24.3 Å². The molecule has 0 spiro atoms. The van der Waals surface area contributed by atoms with Gasteiger partial charge in [-0.1, -0.05) is 18.2 Å². The number of benzene rings is 1. The van der Waals surface area contributed by atoms with E-state index >= 15 is 0 Å². The lowest BCUT2D eigenvalue weighted by atomic mass is 10.0. The van der Waals surface area contributed by atoms with Gasteiger partial charge in [0.15, 0.2) is 17.2 Å². The molecule has 0 saturated carbocycles. The highest BCUT2D eigenvalue weighted by Crippen LogP contribution is 2.30. The van der Waals surface area contributed by atoms with Crippen LogP contribution in [0, 0.1) is 11.3 Å². The van der Waals surface area contributed by atoms with Crippen molar-refractivity contribution in [1.82, 2.24) is 9.97 Å². The molecule has 10 heteroatoms. The van der Waals surface area contributed by atoms with Crippen LogP contribution in [0.3, 0.4) is 0 Å². The molecule has 7 nitrogen and oxygen atoms in total. The molecular weight excluding hydrogens is 387 g/mol. The number of anilines is 2. The number of ether oxygens (including phenoxy) is 1. The number of aromatic nitrogens is 2. The third kappa shape index (κ3) is 5.13. The average Bonchev–Trinajstić information content (AvgIpc) is 2.66. The lowest BCUT2D eigenvalue weighted by molar-refractivity contribution is -0.137. The summed E-state index contributed by atoms with van der Waals surface area (Å²) < 4.78 is 43.9. The van der Waals surface area contributed by atoms with Gasteiger partial charge in [0.05, 0.1) is 18.2 Å². The molecule has 1 atom stereocenters. The Labute approximate surface area is 165 Å². The summed E-state index contributed by atoms with van der Waals surface area (Å²) in [7, 11) is 1.53. The van der Waals surface area contributed by atoms with Crippen molar-refractivity contribution in [3.63, 3.8) is 0 Å². The van der Waals surface area contributed by atoms with Crippen LogP contribution in [0.5, 0.6) is 5.88 Å². The number of halogens is 3. The molecule has 2 rings (SSSR count). The van der Waals surface area contributed by atoms with Gasteiger partial charge >= 0.3 is 6.18 Å². The first kappa shape index (κ1) is 21.9. The van der Waals surface area contributed by atoms with Gasteiger partial charge in [-0.15, -0.1) is 0 Å². The lowest BCUT2D eigenvalue weighted by Gasteiger charge is -2.26. The number of Topliss-reactive ketones (excluding diaryl/α,β-unsaturated/α-hetero) is 1. The first-order valence-electron chi connectivity index (χ1n) is 8.70. The number of carbonyl (C=O) groups is 1. The van der Waals surface area contributed by atoms with Gasteiger partial charge in [0, 0.05) is 13.5 Å². The molecule has 0 unspecified atom stereocenters. The van der Waals surface area contributed by atoms with Gasteiger partial charge in [0.2, 0.25) is 11.8 Å². The Bertz CT molecular complexity index is 940. The molecule has 0 amide bonds. The molecule has 0 fully saturated rings. The molecule has 0 aliphatic carbocycles. The molecule has 0 saturated heterocycles. The third-order valence-electron chi connectivity index (χ3n) is 4.28. The van der Waals surface area contributed by atoms with E-state index in [2.05, 4.69) is 9.97 Å². The highest BCUT2D eigenvalue weighted by molar-refractivity contribution is 5.88. The Morgan fingerprint density at radius 1 is 1.38 bits per heavy atom. The molecule has 0 aliphatic rings. The Morgan fingerprint density at radius 2 is 2.07 bits per heavy atom. The Balaban J connectivity index is 2.28. The van der Waals surface area contributed by atoms with Crippen LogP contribution in [0.1, 0.15) is 30.5 Å².